The van der Waals surface area contributed by atoms with Crippen molar-refractivity contribution in [2.75, 3.05) is 19.6 Å². The average Bonchev–Trinajstić information content (AvgIpc) is 2.56. The molecule has 5 nitrogen and oxygen atoms in total. The van der Waals surface area contributed by atoms with Crippen LogP contribution in [0.3, 0.4) is 0 Å². The number of likely N-dealkylation sites (tertiary alicyclic amines) is 1. The van der Waals surface area contributed by atoms with Gasteiger partial charge in [0.25, 0.3) is 5.91 Å². The third-order valence-corrected chi connectivity index (χ3v) is 4.75. The Morgan fingerprint density at radius 2 is 2.04 bits per heavy atom. The quantitative estimate of drug-likeness (QED) is 0.895. The molecule has 0 saturated carbocycles. The molecule has 0 aliphatic carbocycles. The van der Waals surface area contributed by atoms with E-state index in [1.165, 1.54) is 37.6 Å². The van der Waals surface area contributed by atoms with E-state index in [1.54, 1.807) is 6.92 Å². The highest BCUT2D eigenvalue weighted by Crippen LogP contribution is 2.15. The maximum Gasteiger partial charge on any atom is 0.257 e. The van der Waals surface area contributed by atoms with Gasteiger partial charge in [-0.25, -0.2) is 4.39 Å². The number of piperidine rings is 1. The Labute approximate surface area is 146 Å². The first kappa shape index (κ1) is 17.6. The van der Waals surface area contributed by atoms with Crippen molar-refractivity contribution >= 4 is 16.8 Å². The molecule has 2 heterocycles. The van der Waals surface area contributed by atoms with Gasteiger partial charge in [0.05, 0.1) is 5.52 Å². The lowest BCUT2D eigenvalue weighted by molar-refractivity contribution is 0.0924. The number of pyridine rings is 1. The highest BCUT2D eigenvalue weighted by molar-refractivity contribution is 5.97. The Morgan fingerprint density at radius 3 is 2.76 bits per heavy atom. The van der Waals surface area contributed by atoms with E-state index in [4.69, 9.17) is 0 Å². The van der Waals surface area contributed by atoms with E-state index in [-0.39, 0.29) is 17.0 Å². The fraction of sp³-hybridized carbons (Fsp3) is 0.474. The summed E-state index contributed by atoms with van der Waals surface area (Å²) >= 11 is 0. The number of benzene rings is 1. The van der Waals surface area contributed by atoms with Gasteiger partial charge in [-0.1, -0.05) is 6.42 Å². The molecule has 134 valence electrons. The summed E-state index contributed by atoms with van der Waals surface area (Å²) in [6.45, 7) is 6.53. The number of nitrogens with one attached hydrogen (secondary N) is 2. The second-order valence-electron chi connectivity index (χ2n) is 6.91. The zero-order valence-corrected chi connectivity index (χ0v) is 14.7. The smallest absolute Gasteiger partial charge is 0.257 e. The van der Waals surface area contributed by atoms with Gasteiger partial charge in [-0.2, -0.15) is 0 Å². The van der Waals surface area contributed by atoms with E-state index in [0.717, 1.165) is 19.6 Å². The molecule has 0 radical (unpaired) electrons. The molecule has 1 amide bonds. The zero-order valence-electron chi connectivity index (χ0n) is 14.7. The summed E-state index contributed by atoms with van der Waals surface area (Å²) in [5.74, 6) is -0.902. The predicted molar refractivity (Wildman–Crippen MR) is 96.5 cm³/mol. The number of hydrogen-bond acceptors (Lipinski definition) is 3. The van der Waals surface area contributed by atoms with E-state index in [0.29, 0.717) is 11.1 Å². The van der Waals surface area contributed by atoms with Gasteiger partial charge in [0.1, 0.15) is 11.4 Å². The number of nitrogens with zero attached hydrogens (tertiary/aromatic N) is 1. The second-order valence-corrected chi connectivity index (χ2v) is 6.91. The van der Waals surface area contributed by atoms with Crippen LogP contribution in [0.1, 0.15) is 42.1 Å². The maximum atomic E-state index is 13.6. The summed E-state index contributed by atoms with van der Waals surface area (Å²) in [6, 6.07) is 2.48. The first-order valence-electron chi connectivity index (χ1n) is 8.80. The number of hydrogen-bond donors (Lipinski definition) is 2. The molecule has 1 aliphatic heterocycles. The summed E-state index contributed by atoms with van der Waals surface area (Å²) in [5, 5.41) is 3.09. The Balaban J connectivity index is 1.77. The number of aromatic amines is 1. The Bertz CT molecular complexity index is 840. The molecule has 3 rings (SSSR count). The number of aryl methyl sites for hydroxylation is 1. The Hall–Kier alpha value is -2.21. The second kappa shape index (κ2) is 7.35. The van der Waals surface area contributed by atoms with Crippen molar-refractivity contribution in [3.63, 3.8) is 0 Å². The molecule has 1 atom stereocenters. The number of H-pyrrole nitrogens is 1. The normalized spacial score (nSPS) is 16.8. The molecular weight excluding hydrogens is 321 g/mol. The minimum Gasteiger partial charge on any atom is -0.360 e. The molecule has 1 unspecified atom stereocenters. The number of fused-ring (bicyclic) bond motifs is 1. The van der Waals surface area contributed by atoms with Crippen molar-refractivity contribution in [2.45, 2.75) is 39.2 Å². The van der Waals surface area contributed by atoms with Crippen LogP contribution in [0, 0.1) is 12.7 Å². The Morgan fingerprint density at radius 1 is 1.32 bits per heavy atom. The van der Waals surface area contributed by atoms with Crippen LogP contribution in [-0.2, 0) is 0 Å². The number of rotatable bonds is 4. The highest BCUT2D eigenvalue weighted by Gasteiger charge is 2.18. The van der Waals surface area contributed by atoms with E-state index < -0.39 is 17.2 Å². The fourth-order valence-electron chi connectivity index (χ4n) is 3.51. The van der Waals surface area contributed by atoms with Crippen LogP contribution < -0.4 is 10.7 Å². The van der Waals surface area contributed by atoms with Gasteiger partial charge in [0.2, 0.25) is 5.43 Å². The van der Waals surface area contributed by atoms with E-state index >= 15 is 0 Å². The van der Waals surface area contributed by atoms with Crippen molar-refractivity contribution in [3.8, 4) is 0 Å². The van der Waals surface area contributed by atoms with Gasteiger partial charge in [-0.15, -0.1) is 0 Å². The molecule has 0 spiro atoms. The first-order valence-corrected chi connectivity index (χ1v) is 8.80. The summed E-state index contributed by atoms with van der Waals surface area (Å²) in [6.07, 6.45) is 5.06. The van der Waals surface area contributed by atoms with Crippen LogP contribution in [0.4, 0.5) is 4.39 Å². The molecule has 1 saturated heterocycles. The lowest BCUT2D eigenvalue weighted by atomic mass is 10.1. The largest absolute Gasteiger partial charge is 0.360 e. The summed E-state index contributed by atoms with van der Waals surface area (Å²) in [5.41, 5.74) is 0.767. The van der Waals surface area contributed by atoms with Crippen LogP contribution in [0.15, 0.2) is 23.1 Å². The van der Waals surface area contributed by atoms with Crippen molar-refractivity contribution in [1.29, 1.82) is 0 Å². The van der Waals surface area contributed by atoms with E-state index in [2.05, 4.69) is 15.2 Å². The van der Waals surface area contributed by atoms with E-state index in [1.807, 2.05) is 6.92 Å². The monoisotopic (exact) mass is 345 g/mol. The minimum absolute atomic E-state index is 0.0167. The molecule has 0 bridgehead atoms. The van der Waals surface area contributed by atoms with Crippen LogP contribution >= 0.6 is 0 Å². The third kappa shape index (κ3) is 3.90. The van der Waals surface area contributed by atoms with Gasteiger partial charge in [0.15, 0.2) is 0 Å². The van der Waals surface area contributed by atoms with Gasteiger partial charge in [-0.05, 0) is 57.5 Å². The number of halogens is 1. The molecule has 1 fully saturated rings. The van der Waals surface area contributed by atoms with Crippen LogP contribution in [-0.4, -0.2) is 41.5 Å². The molecular formula is C19H24FN3O2. The van der Waals surface area contributed by atoms with Crippen LogP contribution in [0.25, 0.3) is 10.9 Å². The topological polar surface area (TPSA) is 65.2 Å². The minimum atomic E-state index is -0.480. The molecule has 2 aromatic rings. The first-order chi connectivity index (χ1) is 12.0. The number of carbonyl (C=O) groups excluding carboxylic acids is 1. The lowest BCUT2D eigenvalue weighted by Crippen LogP contribution is -2.44. The lowest BCUT2D eigenvalue weighted by Gasteiger charge is -2.29. The molecule has 1 aromatic carbocycles. The van der Waals surface area contributed by atoms with Gasteiger partial charge in [0, 0.05) is 24.2 Å². The fourth-order valence-corrected chi connectivity index (χ4v) is 3.51. The third-order valence-electron chi connectivity index (χ3n) is 4.75. The van der Waals surface area contributed by atoms with Crippen LogP contribution in [0.2, 0.25) is 0 Å². The van der Waals surface area contributed by atoms with Gasteiger partial charge >= 0.3 is 0 Å². The molecule has 2 N–H and O–H groups in total. The number of amides is 1. The zero-order chi connectivity index (χ0) is 18.0. The van der Waals surface area contributed by atoms with Gasteiger partial charge in [-0.3, -0.25) is 9.59 Å². The maximum absolute atomic E-state index is 13.6. The predicted octanol–water partition coefficient (Wildman–Crippen LogP) is 2.58. The van der Waals surface area contributed by atoms with Gasteiger partial charge < -0.3 is 15.2 Å². The molecule has 6 heteroatoms. The van der Waals surface area contributed by atoms with E-state index in [9.17, 15) is 14.0 Å². The number of carbonyl (C=O) groups is 1. The SMILES string of the molecule is Cc1cc(F)cc2c(=O)c(C(=O)NC(C)CN3CCCCC3)c[nH]c12. The van der Waals surface area contributed by atoms with Crippen molar-refractivity contribution in [1.82, 2.24) is 15.2 Å². The highest BCUT2D eigenvalue weighted by atomic mass is 19.1. The van der Waals surface area contributed by atoms with Crippen LogP contribution in [0.5, 0.6) is 0 Å². The summed E-state index contributed by atoms with van der Waals surface area (Å²) in [7, 11) is 0. The molecule has 1 aromatic heterocycles. The number of aromatic nitrogens is 1. The van der Waals surface area contributed by atoms with Crippen molar-refractivity contribution in [3.05, 3.63) is 45.5 Å². The molecule has 1 aliphatic rings. The standard InChI is InChI=1S/C19H24FN3O2/c1-12-8-14(20)9-15-17(12)21-10-16(18(15)24)19(25)22-13(2)11-23-6-4-3-5-7-23/h8-10,13H,3-7,11H2,1-2H3,(H,21,24)(H,22,25). The van der Waals surface area contributed by atoms with Crippen molar-refractivity contribution in [2.24, 2.45) is 0 Å². The summed E-state index contributed by atoms with van der Waals surface area (Å²) in [4.78, 5) is 30.4. The summed E-state index contributed by atoms with van der Waals surface area (Å²) < 4.78 is 13.6. The average molecular weight is 345 g/mol. The van der Waals surface area contributed by atoms with Crippen molar-refractivity contribution < 1.29 is 9.18 Å². The Kier molecular flexibility index (Phi) is 5.18. The molecule has 25 heavy (non-hydrogen) atoms.